The molecule has 96 valence electrons. The Morgan fingerprint density at radius 3 is 2.53 bits per heavy atom. The Kier molecular flexibility index (Phi) is 7.48. The van der Waals surface area contributed by atoms with E-state index in [9.17, 15) is 0 Å². The van der Waals surface area contributed by atoms with Crippen molar-refractivity contribution in [3.8, 4) is 0 Å². The highest BCUT2D eigenvalue weighted by atomic mass is 14.9. The van der Waals surface area contributed by atoms with Crippen LogP contribution in [0.2, 0.25) is 0 Å². The summed E-state index contributed by atoms with van der Waals surface area (Å²) in [5.74, 6) is 0.822. The third-order valence-electron chi connectivity index (χ3n) is 3.16. The second kappa shape index (κ2) is 9.06. The lowest BCUT2D eigenvalue weighted by Crippen LogP contribution is -2.11. The third kappa shape index (κ3) is 6.32. The summed E-state index contributed by atoms with van der Waals surface area (Å²) in [6, 6.07) is 10.4. The molecule has 1 rings (SSSR count). The van der Waals surface area contributed by atoms with Crippen molar-refractivity contribution >= 4 is 5.69 Å². The van der Waals surface area contributed by atoms with E-state index < -0.39 is 0 Å². The highest BCUT2D eigenvalue weighted by Gasteiger charge is 2.05. The molecular weight excluding hydrogens is 208 g/mol. The largest absolute Gasteiger partial charge is 0.385 e. The van der Waals surface area contributed by atoms with Crippen LogP contribution in [-0.4, -0.2) is 13.1 Å². The van der Waals surface area contributed by atoms with Gasteiger partial charge in [0, 0.05) is 12.2 Å². The van der Waals surface area contributed by atoms with Crippen molar-refractivity contribution in [2.24, 2.45) is 11.7 Å². The molecule has 0 fully saturated rings. The van der Waals surface area contributed by atoms with Gasteiger partial charge in [0.25, 0.3) is 0 Å². The molecule has 17 heavy (non-hydrogen) atoms. The second-order valence-corrected chi connectivity index (χ2v) is 4.67. The summed E-state index contributed by atoms with van der Waals surface area (Å²) in [6.45, 7) is 4.15. The number of nitrogens with one attached hydrogen (secondary N) is 1. The number of hydrogen-bond donors (Lipinski definition) is 2. The van der Waals surface area contributed by atoms with E-state index in [-0.39, 0.29) is 0 Å². The first-order valence-electron chi connectivity index (χ1n) is 6.85. The normalized spacial score (nSPS) is 12.4. The molecule has 0 spiro atoms. The Morgan fingerprint density at radius 2 is 1.88 bits per heavy atom. The van der Waals surface area contributed by atoms with Gasteiger partial charge in [-0.15, -0.1) is 0 Å². The van der Waals surface area contributed by atoms with Crippen molar-refractivity contribution in [1.29, 1.82) is 0 Å². The van der Waals surface area contributed by atoms with Gasteiger partial charge in [-0.05, 0) is 43.9 Å². The van der Waals surface area contributed by atoms with E-state index in [1.165, 1.54) is 37.8 Å². The predicted octanol–water partition coefficient (Wildman–Crippen LogP) is 3.64. The van der Waals surface area contributed by atoms with Gasteiger partial charge < -0.3 is 11.1 Å². The molecule has 0 saturated carbocycles. The average Bonchev–Trinajstić information content (AvgIpc) is 2.36. The van der Waals surface area contributed by atoms with Gasteiger partial charge in [0.15, 0.2) is 0 Å². The van der Waals surface area contributed by atoms with E-state index in [0.29, 0.717) is 0 Å². The van der Waals surface area contributed by atoms with E-state index in [1.54, 1.807) is 0 Å². The van der Waals surface area contributed by atoms with E-state index in [0.717, 1.165) is 19.0 Å². The Morgan fingerprint density at radius 1 is 1.12 bits per heavy atom. The summed E-state index contributed by atoms with van der Waals surface area (Å²) < 4.78 is 0. The average molecular weight is 234 g/mol. The minimum atomic E-state index is 0.822. The van der Waals surface area contributed by atoms with E-state index in [2.05, 4.69) is 36.5 Å². The number of nitrogens with two attached hydrogens (primary N) is 1. The predicted molar refractivity (Wildman–Crippen MR) is 76.2 cm³/mol. The first-order chi connectivity index (χ1) is 8.36. The van der Waals surface area contributed by atoms with Crippen molar-refractivity contribution in [3.63, 3.8) is 0 Å². The van der Waals surface area contributed by atoms with Gasteiger partial charge in [-0.2, -0.15) is 0 Å². The zero-order chi connectivity index (χ0) is 12.3. The Hall–Kier alpha value is -1.02. The maximum atomic E-state index is 5.64. The summed E-state index contributed by atoms with van der Waals surface area (Å²) >= 11 is 0. The molecule has 2 heteroatoms. The van der Waals surface area contributed by atoms with Gasteiger partial charge in [-0.3, -0.25) is 0 Å². The zero-order valence-corrected chi connectivity index (χ0v) is 11.0. The minimum absolute atomic E-state index is 0.822. The Bertz CT molecular complexity index is 266. The van der Waals surface area contributed by atoms with Gasteiger partial charge in [-0.1, -0.05) is 38.0 Å². The first-order valence-corrected chi connectivity index (χ1v) is 6.85. The maximum Gasteiger partial charge on any atom is 0.0340 e. The summed E-state index contributed by atoms with van der Waals surface area (Å²) in [6.07, 6.45) is 6.31. The van der Waals surface area contributed by atoms with Crippen molar-refractivity contribution in [1.82, 2.24) is 0 Å². The molecular formula is C15H26N2. The Balaban J connectivity index is 2.13. The van der Waals surface area contributed by atoms with Crippen LogP contribution < -0.4 is 11.1 Å². The quantitative estimate of drug-likeness (QED) is 0.640. The van der Waals surface area contributed by atoms with Crippen LogP contribution >= 0.6 is 0 Å². The van der Waals surface area contributed by atoms with Gasteiger partial charge in [-0.25, -0.2) is 0 Å². The van der Waals surface area contributed by atoms with Crippen LogP contribution in [-0.2, 0) is 0 Å². The lowest BCUT2D eigenvalue weighted by Gasteiger charge is -2.15. The fraction of sp³-hybridized carbons (Fsp3) is 0.600. The van der Waals surface area contributed by atoms with Gasteiger partial charge >= 0.3 is 0 Å². The summed E-state index contributed by atoms with van der Waals surface area (Å²) in [7, 11) is 0. The van der Waals surface area contributed by atoms with Crippen LogP contribution in [0, 0.1) is 5.92 Å². The summed E-state index contributed by atoms with van der Waals surface area (Å²) in [4.78, 5) is 0. The number of para-hydroxylation sites is 1. The van der Waals surface area contributed by atoms with Crippen LogP contribution in [0.15, 0.2) is 30.3 Å². The highest BCUT2D eigenvalue weighted by molar-refractivity contribution is 5.42. The van der Waals surface area contributed by atoms with Crippen LogP contribution in [0.25, 0.3) is 0 Å². The zero-order valence-electron chi connectivity index (χ0n) is 11.0. The van der Waals surface area contributed by atoms with Crippen molar-refractivity contribution < 1.29 is 0 Å². The monoisotopic (exact) mass is 234 g/mol. The highest BCUT2D eigenvalue weighted by Crippen LogP contribution is 2.17. The molecule has 0 radical (unpaired) electrons. The fourth-order valence-corrected chi connectivity index (χ4v) is 2.26. The molecule has 0 aliphatic heterocycles. The number of hydrogen-bond acceptors (Lipinski definition) is 2. The molecule has 3 N–H and O–H groups in total. The number of benzene rings is 1. The molecule has 0 bridgehead atoms. The number of anilines is 1. The van der Waals surface area contributed by atoms with Gasteiger partial charge in [0.1, 0.15) is 0 Å². The van der Waals surface area contributed by atoms with Crippen LogP contribution in [0.4, 0.5) is 5.69 Å². The van der Waals surface area contributed by atoms with Crippen molar-refractivity contribution in [3.05, 3.63) is 30.3 Å². The molecule has 1 atom stereocenters. The van der Waals surface area contributed by atoms with Gasteiger partial charge in [0.2, 0.25) is 0 Å². The molecule has 1 aromatic rings. The van der Waals surface area contributed by atoms with E-state index in [4.69, 9.17) is 5.73 Å². The molecule has 0 aromatic heterocycles. The molecule has 0 amide bonds. The van der Waals surface area contributed by atoms with Crippen molar-refractivity contribution in [2.45, 2.75) is 39.0 Å². The molecule has 0 saturated heterocycles. The van der Waals surface area contributed by atoms with Crippen LogP contribution in [0.5, 0.6) is 0 Å². The van der Waals surface area contributed by atoms with Crippen LogP contribution in [0.1, 0.15) is 39.0 Å². The first kappa shape index (κ1) is 14.0. The second-order valence-electron chi connectivity index (χ2n) is 4.67. The van der Waals surface area contributed by atoms with Crippen LogP contribution in [0.3, 0.4) is 0 Å². The lowest BCUT2D eigenvalue weighted by molar-refractivity contribution is 0.414. The Labute approximate surface area is 106 Å². The maximum absolute atomic E-state index is 5.64. The molecule has 1 aromatic carbocycles. The summed E-state index contributed by atoms with van der Waals surface area (Å²) in [5, 5.41) is 3.45. The van der Waals surface area contributed by atoms with Crippen molar-refractivity contribution in [2.75, 3.05) is 18.4 Å². The minimum Gasteiger partial charge on any atom is -0.385 e. The van der Waals surface area contributed by atoms with E-state index >= 15 is 0 Å². The van der Waals surface area contributed by atoms with Gasteiger partial charge in [0.05, 0.1) is 0 Å². The third-order valence-corrected chi connectivity index (χ3v) is 3.16. The molecule has 0 aliphatic carbocycles. The molecule has 0 heterocycles. The SMILES string of the molecule is CCCC(CCN)CCCNc1ccccc1. The lowest BCUT2D eigenvalue weighted by atomic mass is 9.94. The standard InChI is InChI=1S/C15H26N2/c1-2-7-14(11-12-16)8-6-13-17-15-9-4-3-5-10-15/h3-5,9-10,14,17H,2,6-8,11-13,16H2,1H3. The molecule has 2 nitrogen and oxygen atoms in total. The number of rotatable bonds is 9. The molecule has 1 unspecified atom stereocenters. The molecule has 0 aliphatic rings. The summed E-state index contributed by atoms with van der Waals surface area (Å²) in [5.41, 5.74) is 6.86. The topological polar surface area (TPSA) is 38.0 Å². The van der Waals surface area contributed by atoms with E-state index in [1.807, 2.05) is 6.07 Å². The smallest absolute Gasteiger partial charge is 0.0340 e. The fourth-order valence-electron chi connectivity index (χ4n) is 2.26.